The Morgan fingerprint density at radius 3 is 2.68 bits per heavy atom. The Labute approximate surface area is 113 Å². The molecule has 0 bridgehead atoms. The average molecular weight is 259 g/mol. The SMILES string of the molecule is Cc1cc(N[C@H](CO)C(C)C)c2cc(N)ccc2n1. The van der Waals surface area contributed by atoms with Crippen molar-refractivity contribution in [2.45, 2.75) is 26.8 Å². The van der Waals surface area contributed by atoms with Crippen molar-refractivity contribution in [3.05, 3.63) is 30.0 Å². The summed E-state index contributed by atoms with van der Waals surface area (Å²) >= 11 is 0. The molecule has 0 radical (unpaired) electrons. The summed E-state index contributed by atoms with van der Waals surface area (Å²) in [6.07, 6.45) is 0. The topological polar surface area (TPSA) is 71.2 Å². The van der Waals surface area contributed by atoms with Crippen molar-refractivity contribution in [1.29, 1.82) is 0 Å². The van der Waals surface area contributed by atoms with Crippen molar-refractivity contribution in [2.24, 2.45) is 5.92 Å². The van der Waals surface area contributed by atoms with E-state index in [0.717, 1.165) is 22.3 Å². The van der Waals surface area contributed by atoms with Gasteiger partial charge in [-0.3, -0.25) is 4.98 Å². The van der Waals surface area contributed by atoms with E-state index in [2.05, 4.69) is 24.1 Å². The fraction of sp³-hybridized carbons (Fsp3) is 0.400. The van der Waals surface area contributed by atoms with E-state index in [1.807, 2.05) is 31.2 Å². The molecule has 0 saturated carbocycles. The molecule has 0 saturated heterocycles. The molecule has 1 heterocycles. The first-order chi connectivity index (χ1) is 9.01. The van der Waals surface area contributed by atoms with Crippen molar-refractivity contribution < 1.29 is 5.11 Å². The lowest BCUT2D eigenvalue weighted by molar-refractivity contribution is 0.249. The quantitative estimate of drug-likeness (QED) is 0.738. The third kappa shape index (κ3) is 2.96. The van der Waals surface area contributed by atoms with Crippen LogP contribution < -0.4 is 11.1 Å². The van der Waals surface area contributed by atoms with Gasteiger partial charge in [0.15, 0.2) is 0 Å². The van der Waals surface area contributed by atoms with Crippen LogP contribution in [0.2, 0.25) is 0 Å². The Bertz CT molecular complexity index is 581. The van der Waals surface area contributed by atoms with E-state index in [-0.39, 0.29) is 12.6 Å². The maximum atomic E-state index is 9.45. The minimum absolute atomic E-state index is 0.0198. The zero-order valence-corrected chi connectivity index (χ0v) is 11.6. The molecule has 0 aliphatic heterocycles. The molecule has 4 N–H and O–H groups in total. The first kappa shape index (κ1) is 13.6. The van der Waals surface area contributed by atoms with Crippen molar-refractivity contribution >= 4 is 22.3 Å². The molecular weight excluding hydrogens is 238 g/mol. The molecular formula is C15H21N3O. The number of nitrogens with zero attached hydrogens (tertiary/aromatic N) is 1. The van der Waals surface area contributed by atoms with Crippen LogP contribution in [0, 0.1) is 12.8 Å². The second kappa shape index (κ2) is 5.45. The van der Waals surface area contributed by atoms with E-state index in [1.54, 1.807) is 0 Å². The smallest absolute Gasteiger partial charge is 0.0727 e. The summed E-state index contributed by atoms with van der Waals surface area (Å²) in [5.41, 5.74) is 9.40. The zero-order chi connectivity index (χ0) is 14.0. The minimum Gasteiger partial charge on any atom is -0.399 e. The Balaban J connectivity index is 2.49. The van der Waals surface area contributed by atoms with Gasteiger partial charge in [-0.1, -0.05) is 13.8 Å². The molecule has 0 aliphatic carbocycles. The van der Waals surface area contributed by atoms with Crippen LogP contribution in [0.1, 0.15) is 19.5 Å². The van der Waals surface area contributed by atoms with Gasteiger partial charge in [-0.05, 0) is 37.1 Å². The maximum Gasteiger partial charge on any atom is 0.0727 e. The third-order valence-electron chi connectivity index (χ3n) is 3.30. The van der Waals surface area contributed by atoms with Gasteiger partial charge in [0.1, 0.15) is 0 Å². The van der Waals surface area contributed by atoms with Gasteiger partial charge >= 0.3 is 0 Å². The molecule has 0 spiro atoms. The molecule has 2 aromatic rings. The van der Waals surface area contributed by atoms with Crippen LogP contribution >= 0.6 is 0 Å². The molecule has 1 atom stereocenters. The Hall–Kier alpha value is -1.81. The van der Waals surface area contributed by atoms with Crippen LogP contribution in [0.15, 0.2) is 24.3 Å². The van der Waals surface area contributed by atoms with Crippen LogP contribution in [0.4, 0.5) is 11.4 Å². The number of nitrogens with one attached hydrogen (secondary N) is 1. The molecule has 1 aromatic carbocycles. The molecule has 102 valence electrons. The van der Waals surface area contributed by atoms with Gasteiger partial charge in [0, 0.05) is 22.5 Å². The van der Waals surface area contributed by atoms with Gasteiger partial charge in [0.05, 0.1) is 18.2 Å². The van der Waals surface area contributed by atoms with Crippen LogP contribution in [0.5, 0.6) is 0 Å². The number of aliphatic hydroxyl groups excluding tert-OH is 1. The summed E-state index contributed by atoms with van der Waals surface area (Å²) in [6.45, 7) is 6.23. The molecule has 2 rings (SSSR count). The number of aliphatic hydroxyl groups is 1. The van der Waals surface area contributed by atoms with Gasteiger partial charge in [-0.2, -0.15) is 0 Å². The van der Waals surface area contributed by atoms with Crippen molar-refractivity contribution in [3.8, 4) is 0 Å². The second-order valence-electron chi connectivity index (χ2n) is 5.27. The molecule has 4 nitrogen and oxygen atoms in total. The zero-order valence-electron chi connectivity index (χ0n) is 11.6. The molecule has 0 aliphatic rings. The molecule has 0 amide bonds. The number of fused-ring (bicyclic) bond motifs is 1. The lowest BCUT2D eigenvalue weighted by Gasteiger charge is -2.22. The number of nitrogen functional groups attached to an aromatic ring is 1. The van der Waals surface area contributed by atoms with Crippen molar-refractivity contribution in [2.75, 3.05) is 17.7 Å². The summed E-state index contributed by atoms with van der Waals surface area (Å²) in [7, 11) is 0. The van der Waals surface area contributed by atoms with Crippen LogP contribution in [0.3, 0.4) is 0 Å². The van der Waals surface area contributed by atoms with Crippen LogP contribution in [-0.2, 0) is 0 Å². The van der Waals surface area contributed by atoms with Gasteiger partial charge in [-0.15, -0.1) is 0 Å². The van der Waals surface area contributed by atoms with E-state index in [0.29, 0.717) is 11.6 Å². The largest absolute Gasteiger partial charge is 0.399 e. The van der Waals surface area contributed by atoms with Gasteiger partial charge in [0.25, 0.3) is 0 Å². The fourth-order valence-electron chi connectivity index (χ4n) is 2.12. The van der Waals surface area contributed by atoms with E-state index in [9.17, 15) is 5.11 Å². The third-order valence-corrected chi connectivity index (χ3v) is 3.30. The molecule has 1 aromatic heterocycles. The first-order valence-electron chi connectivity index (χ1n) is 6.55. The first-order valence-corrected chi connectivity index (χ1v) is 6.55. The van der Waals surface area contributed by atoms with Gasteiger partial charge in [0.2, 0.25) is 0 Å². The molecule has 0 unspecified atom stereocenters. The van der Waals surface area contributed by atoms with Gasteiger partial charge in [-0.25, -0.2) is 0 Å². The van der Waals surface area contributed by atoms with E-state index in [4.69, 9.17) is 5.73 Å². The lowest BCUT2D eigenvalue weighted by Crippen LogP contribution is -2.29. The highest BCUT2D eigenvalue weighted by Gasteiger charge is 2.14. The summed E-state index contributed by atoms with van der Waals surface area (Å²) in [5, 5.41) is 13.8. The second-order valence-corrected chi connectivity index (χ2v) is 5.27. The number of aromatic nitrogens is 1. The predicted octanol–water partition coefficient (Wildman–Crippen LogP) is 2.55. The highest BCUT2D eigenvalue weighted by molar-refractivity contribution is 5.93. The number of benzene rings is 1. The molecule has 0 fully saturated rings. The number of hydrogen-bond donors (Lipinski definition) is 3. The number of nitrogens with two attached hydrogens (primary N) is 1. The highest BCUT2D eigenvalue weighted by Crippen LogP contribution is 2.26. The highest BCUT2D eigenvalue weighted by atomic mass is 16.3. The lowest BCUT2D eigenvalue weighted by atomic mass is 10.0. The van der Waals surface area contributed by atoms with Gasteiger partial charge < -0.3 is 16.2 Å². The minimum atomic E-state index is 0.0198. The van der Waals surface area contributed by atoms with Crippen molar-refractivity contribution in [1.82, 2.24) is 4.98 Å². The number of hydrogen-bond acceptors (Lipinski definition) is 4. The fourth-order valence-corrected chi connectivity index (χ4v) is 2.12. The summed E-state index contributed by atoms with van der Waals surface area (Å²) in [5.74, 6) is 0.342. The molecule has 19 heavy (non-hydrogen) atoms. The standard InChI is InChI=1S/C15H21N3O/c1-9(2)15(8-19)18-14-6-10(3)17-13-5-4-11(16)7-12(13)14/h4-7,9,15,19H,8,16H2,1-3H3,(H,17,18)/t15-/m1/s1. The molecule has 4 heteroatoms. The Morgan fingerprint density at radius 2 is 2.05 bits per heavy atom. The number of rotatable bonds is 4. The van der Waals surface area contributed by atoms with E-state index >= 15 is 0 Å². The van der Waals surface area contributed by atoms with Crippen molar-refractivity contribution in [3.63, 3.8) is 0 Å². The predicted molar refractivity (Wildman–Crippen MR) is 80.2 cm³/mol. The number of aryl methyl sites for hydroxylation is 1. The van der Waals surface area contributed by atoms with E-state index in [1.165, 1.54) is 0 Å². The Morgan fingerprint density at radius 1 is 1.32 bits per heavy atom. The summed E-state index contributed by atoms with van der Waals surface area (Å²) in [6, 6.07) is 7.70. The summed E-state index contributed by atoms with van der Waals surface area (Å²) in [4.78, 5) is 4.50. The van der Waals surface area contributed by atoms with Crippen LogP contribution in [0.25, 0.3) is 10.9 Å². The number of anilines is 2. The number of pyridine rings is 1. The maximum absolute atomic E-state index is 9.45. The summed E-state index contributed by atoms with van der Waals surface area (Å²) < 4.78 is 0. The average Bonchev–Trinajstić information content (AvgIpc) is 2.35. The van der Waals surface area contributed by atoms with Crippen LogP contribution in [-0.4, -0.2) is 22.7 Å². The monoisotopic (exact) mass is 259 g/mol. The normalized spacial score (nSPS) is 12.9. The van der Waals surface area contributed by atoms with E-state index < -0.39 is 0 Å². The Kier molecular flexibility index (Phi) is 3.90.